The van der Waals surface area contributed by atoms with E-state index in [1.165, 1.54) is 38.7 Å². The van der Waals surface area contributed by atoms with Gasteiger partial charge < -0.3 is 4.90 Å². The second kappa shape index (κ2) is 7.72. The van der Waals surface area contributed by atoms with Gasteiger partial charge in [0.05, 0.1) is 9.77 Å². The van der Waals surface area contributed by atoms with Gasteiger partial charge in [0.15, 0.2) is 0 Å². The molecule has 0 N–H and O–H groups in total. The Morgan fingerprint density at radius 3 is 2.77 bits per heavy atom. The molecule has 0 bridgehead atoms. The lowest BCUT2D eigenvalue weighted by Gasteiger charge is -2.18. The smallest absolute Gasteiger partial charge is 0.263 e. The highest BCUT2D eigenvalue weighted by molar-refractivity contribution is 7.89. The summed E-state index contributed by atoms with van der Waals surface area (Å²) in [5.74, 6) is -0.654. The van der Waals surface area contributed by atoms with E-state index in [1.54, 1.807) is 27.2 Å². The number of hydrogen-bond donors (Lipinski definition) is 0. The third-order valence-electron chi connectivity index (χ3n) is 5.43. The number of hydrogen-bond acceptors (Lipinski definition) is 5. The van der Waals surface area contributed by atoms with Gasteiger partial charge in [0.2, 0.25) is 10.0 Å². The van der Waals surface area contributed by atoms with Crippen LogP contribution in [0.15, 0.2) is 41.4 Å². The van der Waals surface area contributed by atoms with Crippen LogP contribution in [0, 0.1) is 12.7 Å². The van der Waals surface area contributed by atoms with Crippen LogP contribution in [0.1, 0.15) is 33.1 Å². The molecular formula is C21H22FN3O3S2. The van der Waals surface area contributed by atoms with Crippen molar-refractivity contribution in [2.24, 2.45) is 0 Å². The van der Waals surface area contributed by atoms with Gasteiger partial charge in [-0.3, -0.25) is 4.79 Å². The fraction of sp³-hybridized carbons (Fsp3) is 0.333. The molecule has 1 atom stereocenters. The predicted molar refractivity (Wildman–Crippen MR) is 115 cm³/mol. The molecule has 1 amide bonds. The quantitative estimate of drug-likeness (QED) is 0.613. The van der Waals surface area contributed by atoms with Gasteiger partial charge in [-0.25, -0.2) is 17.8 Å². The topological polar surface area (TPSA) is 70.6 Å². The van der Waals surface area contributed by atoms with E-state index in [4.69, 9.17) is 0 Å². The predicted octanol–water partition coefficient (Wildman–Crippen LogP) is 3.62. The van der Waals surface area contributed by atoms with Gasteiger partial charge in [0.1, 0.15) is 10.6 Å². The zero-order valence-electron chi connectivity index (χ0n) is 16.9. The number of halogens is 1. The first-order valence-electron chi connectivity index (χ1n) is 9.55. The summed E-state index contributed by atoms with van der Waals surface area (Å²) in [5, 5.41) is 0.898. The van der Waals surface area contributed by atoms with E-state index in [-0.39, 0.29) is 23.3 Å². The van der Waals surface area contributed by atoms with Crippen molar-refractivity contribution in [3.63, 3.8) is 0 Å². The number of fused-ring (bicyclic) bond motifs is 1. The van der Waals surface area contributed by atoms with E-state index in [2.05, 4.69) is 4.98 Å². The summed E-state index contributed by atoms with van der Waals surface area (Å²) >= 11 is 1.34. The molecule has 0 spiro atoms. The monoisotopic (exact) mass is 447 g/mol. The Balaban J connectivity index is 1.71. The lowest BCUT2D eigenvalue weighted by atomic mass is 9.95. The Labute approximate surface area is 179 Å². The maximum Gasteiger partial charge on any atom is 0.263 e. The van der Waals surface area contributed by atoms with Gasteiger partial charge in [-0.15, -0.1) is 11.3 Å². The Morgan fingerprint density at radius 2 is 2.07 bits per heavy atom. The van der Waals surface area contributed by atoms with E-state index in [0.29, 0.717) is 23.4 Å². The van der Waals surface area contributed by atoms with Crippen molar-refractivity contribution in [3.05, 3.63) is 58.3 Å². The number of sulfonamides is 1. The average Bonchev–Trinajstić information content (AvgIpc) is 3.34. The van der Waals surface area contributed by atoms with Gasteiger partial charge in [0, 0.05) is 44.7 Å². The molecule has 2 aromatic heterocycles. The van der Waals surface area contributed by atoms with Crippen molar-refractivity contribution in [2.75, 3.05) is 27.2 Å². The number of aromatic nitrogens is 1. The van der Waals surface area contributed by atoms with E-state index < -0.39 is 15.8 Å². The molecule has 1 aliphatic rings. The highest BCUT2D eigenvalue weighted by Crippen LogP contribution is 2.41. The molecule has 1 aliphatic heterocycles. The van der Waals surface area contributed by atoms with Gasteiger partial charge in [-0.2, -0.15) is 4.31 Å². The first-order chi connectivity index (χ1) is 14.2. The van der Waals surface area contributed by atoms with E-state index in [1.807, 2.05) is 12.1 Å². The number of carbonyl (C=O) groups is 1. The molecule has 3 heterocycles. The average molecular weight is 448 g/mol. The minimum atomic E-state index is -3.75. The second-order valence-corrected chi connectivity index (χ2v) is 10.6. The van der Waals surface area contributed by atoms with Crippen LogP contribution in [0.5, 0.6) is 0 Å². The Hall–Kier alpha value is -2.36. The zero-order chi connectivity index (χ0) is 21.6. The minimum Gasteiger partial charge on any atom is -0.344 e. The van der Waals surface area contributed by atoms with Gasteiger partial charge >= 0.3 is 0 Å². The summed E-state index contributed by atoms with van der Waals surface area (Å²) in [5.41, 5.74) is 1.16. The number of thiophene rings is 1. The molecule has 4 rings (SSSR count). The van der Waals surface area contributed by atoms with Crippen LogP contribution < -0.4 is 0 Å². The van der Waals surface area contributed by atoms with Gasteiger partial charge in [0.25, 0.3) is 5.91 Å². The fourth-order valence-electron chi connectivity index (χ4n) is 3.83. The van der Waals surface area contributed by atoms with Gasteiger partial charge in [-0.1, -0.05) is 6.07 Å². The maximum absolute atomic E-state index is 13.6. The highest BCUT2D eigenvalue weighted by Gasteiger charge is 2.37. The Morgan fingerprint density at radius 1 is 1.30 bits per heavy atom. The van der Waals surface area contributed by atoms with Crippen molar-refractivity contribution in [3.8, 4) is 0 Å². The summed E-state index contributed by atoms with van der Waals surface area (Å²) in [6, 6.07) is 7.61. The second-order valence-electron chi connectivity index (χ2n) is 7.66. The number of benzene rings is 1. The fourth-order valence-corrected chi connectivity index (χ4v) is 6.66. The Kier molecular flexibility index (Phi) is 5.37. The Bertz CT molecular complexity index is 1240. The molecule has 1 aromatic carbocycles. The maximum atomic E-state index is 13.6. The molecule has 0 saturated carbocycles. The minimum absolute atomic E-state index is 0.0866. The van der Waals surface area contributed by atoms with Crippen molar-refractivity contribution < 1.29 is 17.6 Å². The van der Waals surface area contributed by atoms with Crippen molar-refractivity contribution in [1.82, 2.24) is 14.2 Å². The summed E-state index contributed by atoms with van der Waals surface area (Å²) in [4.78, 5) is 20.2. The molecule has 0 aliphatic carbocycles. The summed E-state index contributed by atoms with van der Waals surface area (Å²) in [6.45, 7) is 2.16. The third kappa shape index (κ3) is 3.51. The van der Waals surface area contributed by atoms with Gasteiger partial charge in [-0.05, 0) is 48.7 Å². The van der Waals surface area contributed by atoms with Crippen molar-refractivity contribution in [2.45, 2.75) is 24.2 Å². The van der Waals surface area contributed by atoms with Crippen LogP contribution >= 0.6 is 11.3 Å². The van der Waals surface area contributed by atoms with Crippen LogP contribution in [-0.2, 0) is 10.0 Å². The molecule has 1 saturated heterocycles. The zero-order valence-corrected chi connectivity index (χ0v) is 18.6. The molecule has 6 nitrogen and oxygen atoms in total. The summed E-state index contributed by atoms with van der Waals surface area (Å²) < 4.78 is 41.3. The molecule has 1 fully saturated rings. The number of carbonyl (C=O) groups excluding carboxylic acids is 1. The number of nitrogens with zero attached hydrogens (tertiary/aromatic N) is 3. The van der Waals surface area contributed by atoms with Crippen LogP contribution in [0.3, 0.4) is 0 Å². The molecular weight excluding hydrogens is 425 g/mol. The molecule has 30 heavy (non-hydrogen) atoms. The first kappa shape index (κ1) is 20.9. The number of amides is 1. The van der Waals surface area contributed by atoms with Crippen LogP contribution in [0.4, 0.5) is 4.39 Å². The van der Waals surface area contributed by atoms with E-state index in [0.717, 1.165) is 15.8 Å². The number of aryl methyl sites for hydroxylation is 1. The molecule has 0 radical (unpaired) electrons. The molecule has 3 aromatic rings. The molecule has 9 heteroatoms. The SMILES string of the molecule is Cc1cc(S(=O)(=O)N2CCC(c3c(C(=O)N(C)C)sc4ncccc34)C2)ccc1F. The van der Waals surface area contributed by atoms with Crippen molar-refractivity contribution >= 4 is 37.5 Å². The molecule has 1 unspecified atom stereocenters. The standard InChI is InChI=1S/C21H22FN3O3S2/c1-13-11-15(6-7-17(13)22)30(27,28)25-10-8-14(12-25)18-16-5-4-9-23-20(16)29-19(18)21(26)24(2)3/h4-7,9,11,14H,8,10,12H2,1-3H3. The first-order valence-corrected chi connectivity index (χ1v) is 11.8. The normalized spacial score (nSPS) is 17.5. The van der Waals surface area contributed by atoms with Crippen LogP contribution in [-0.4, -0.2) is 55.7 Å². The lowest BCUT2D eigenvalue weighted by molar-refractivity contribution is 0.0831. The van der Waals surface area contributed by atoms with E-state index in [9.17, 15) is 17.6 Å². The van der Waals surface area contributed by atoms with E-state index >= 15 is 0 Å². The highest BCUT2D eigenvalue weighted by atomic mass is 32.2. The largest absolute Gasteiger partial charge is 0.344 e. The van der Waals surface area contributed by atoms with Crippen LogP contribution in [0.2, 0.25) is 0 Å². The molecule has 158 valence electrons. The summed E-state index contributed by atoms with van der Waals surface area (Å²) in [6.07, 6.45) is 2.29. The lowest BCUT2D eigenvalue weighted by Crippen LogP contribution is -2.29. The number of rotatable bonds is 4. The van der Waals surface area contributed by atoms with Crippen LogP contribution in [0.25, 0.3) is 10.2 Å². The number of pyridine rings is 1. The third-order valence-corrected chi connectivity index (χ3v) is 8.41. The van der Waals surface area contributed by atoms with Crippen molar-refractivity contribution in [1.29, 1.82) is 0 Å². The summed E-state index contributed by atoms with van der Waals surface area (Å²) in [7, 11) is -0.344.